The Labute approximate surface area is 161 Å². The first-order valence-electron chi connectivity index (χ1n) is 10.1. The number of amides is 1. The van der Waals surface area contributed by atoms with Crippen LogP contribution in [0.2, 0.25) is 0 Å². The lowest BCUT2D eigenvalue weighted by Gasteiger charge is -2.33. The van der Waals surface area contributed by atoms with Crippen molar-refractivity contribution in [1.29, 1.82) is 0 Å². The van der Waals surface area contributed by atoms with Crippen LogP contribution in [0.3, 0.4) is 0 Å². The minimum absolute atomic E-state index is 0.0916. The van der Waals surface area contributed by atoms with Crippen molar-refractivity contribution in [3.63, 3.8) is 0 Å². The molecule has 5 nitrogen and oxygen atoms in total. The van der Waals surface area contributed by atoms with Gasteiger partial charge in [0, 0.05) is 44.6 Å². The van der Waals surface area contributed by atoms with E-state index < -0.39 is 0 Å². The Bertz CT molecular complexity index is 757. The van der Waals surface area contributed by atoms with E-state index >= 15 is 0 Å². The van der Waals surface area contributed by atoms with Gasteiger partial charge in [0.05, 0.1) is 12.5 Å². The third-order valence-electron chi connectivity index (χ3n) is 6.00. The second-order valence-electron chi connectivity index (χ2n) is 7.92. The molecule has 0 N–H and O–H groups in total. The van der Waals surface area contributed by atoms with E-state index in [9.17, 15) is 4.79 Å². The highest BCUT2D eigenvalue weighted by atomic mass is 16.5. The van der Waals surface area contributed by atoms with E-state index in [0.29, 0.717) is 18.4 Å². The number of aryl methyl sites for hydroxylation is 1. The van der Waals surface area contributed by atoms with Gasteiger partial charge in [-0.25, -0.2) is 4.98 Å². The summed E-state index contributed by atoms with van der Waals surface area (Å²) in [7, 11) is 0. The number of rotatable bonds is 5. The molecular formula is C22H29N3O2. The predicted octanol–water partition coefficient (Wildman–Crippen LogP) is 3.06. The van der Waals surface area contributed by atoms with Crippen molar-refractivity contribution in [2.45, 2.75) is 39.2 Å². The quantitative estimate of drug-likeness (QED) is 0.816. The fourth-order valence-corrected chi connectivity index (χ4v) is 4.26. The van der Waals surface area contributed by atoms with E-state index in [1.54, 1.807) is 0 Å². The smallest absolute Gasteiger partial charge is 0.228 e. The van der Waals surface area contributed by atoms with Gasteiger partial charge in [0.25, 0.3) is 0 Å². The third kappa shape index (κ3) is 4.24. The number of nitrogens with zero attached hydrogens (tertiary/aromatic N) is 3. The number of hydrogen-bond donors (Lipinski definition) is 0. The number of likely N-dealkylation sites (tertiary alicyclic amines) is 1. The van der Waals surface area contributed by atoms with Crippen LogP contribution in [0.5, 0.6) is 0 Å². The summed E-state index contributed by atoms with van der Waals surface area (Å²) in [6.07, 6.45) is 5.99. The fraction of sp³-hybridized carbons (Fsp3) is 0.545. The average molecular weight is 367 g/mol. The molecule has 2 aliphatic heterocycles. The molecule has 2 aliphatic rings. The van der Waals surface area contributed by atoms with Gasteiger partial charge in [0.15, 0.2) is 0 Å². The van der Waals surface area contributed by atoms with Gasteiger partial charge in [0.2, 0.25) is 5.91 Å². The Morgan fingerprint density at radius 3 is 2.67 bits per heavy atom. The molecule has 1 amide bonds. The van der Waals surface area contributed by atoms with E-state index in [1.807, 2.05) is 6.20 Å². The first-order chi connectivity index (χ1) is 13.2. The molecule has 0 saturated carbocycles. The summed E-state index contributed by atoms with van der Waals surface area (Å²) >= 11 is 0. The van der Waals surface area contributed by atoms with E-state index in [2.05, 4.69) is 51.7 Å². The van der Waals surface area contributed by atoms with Gasteiger partial charge >= 0.3 is 0 Å². The molecule has 0 radical (unpaired) electrons. The van der Waals surface area contributed by atoms with E-state index in [0.717, 1.165) is 51.9 Å². The molecule has 0 bridgehead atoms. The summed E-state index contributed by atoms with van der Waals surface area (Å²) in [5.74, 6) is 2.16. The van der Waals surface area contributed by atoms with Crippen LogP contribution in [0.4, 0.5) is 0 Å². The summed E-state index contributed by atoms with van der Waals surface area (Å²) in [6, 6.07) is 10.6. The molecule has 1 aromatic heterocycles. The van der Waals surface area contributed by atoms with Crippen molar-refractivity contribution in [1.82, 2.24) is 14.5 Å². The van der Waals surface area contributed by atoms with Gasteiger partial charge in [-0.2, -0.15) is 0 Å². The normalized spacial score (nSPS) is 20.9. The molecule has 0 unspecified atom stereocenters. The van der Waals surface area contributed by atoms with Crippen LogP contribution in [0.1, 0.15) is 36.3 Å². The molecule has 144 valence electrons. The Balaban J connectivity index is 1.35. The van der Waals surface area contributed by atoms with E-state index in [1.165, 1.54) is 17.1 Å². The van der Waals surface area contributed by atoms with Crippen molar-refractivity contribution in [3.05, 3.63) is 53.6 Å². The largest absolute Gasteiger partial charge is 0.381 e. The highest BCUT2D eigenvalue weighted by Crippen LogP contribution is 2.25. The van der Waals surface area contributed by atoms with Gasteiger partial charge in [-0.05, 0) is 37.7 Å². The van der Waals surface area contributed by atoms with E-state index in [4.69, 9.17) is 4.74 Å². The van der Waals surface area contributed by atoms with Gasteiger partial charge in [0.1, 0.15) is 5.82 Å². The van der Waals surface area contributed by atoms with Gasteiger partial charge < -0.3 is 14.2 Å². The van der Waals surface area contributed by atoms with Crippen LogP contribution < -0.4 is 0 Å². The number of piperidine rings is 1. The predicted molar refractivity (Wildman–Crippen MR) is 104 cm³/mol. The number of imidazole rings is 1. The molecule has 0 spiro atoms. The molecule has 0 aliphatic carbocycles. The van der Waals surface area contributed by atoms with Gasteiger partial charge in [-0.3, -0.25) is 4.79 Å². The number of benzene rings is 1. The molecule has 2 saturated heterocycles. The molecule has 2 aromatic rings. The molecule has 2 fully saturated rings. The molecule has 27 heavy (non-hydrogen) atoms. The number of ether oxygens (including phenoxy) is 1. The lowest BCUT2D eigenvalue weighted by molar-refractivity contribution is -0.136. The lowest BCUT2D eigenvalue weighted by Crippen LogP contribution is -2.42. The number of aromatic nitrogens is 2. The third-order valence-corrected chi connectivity index (χ3v) is 6.00. The van der Waals surface area contributed by atoms with Gasteiger partial charge in [-0.1, -0.05) is 30.3 Å². The van der Waals surface area contributed by atoms with Crippen LogP contribution in [-0.4, -0.2) is 46.7 Å². The van der Waals surface area contributed by atoms with Crippen LogP contribution in [0, 0.1) is 18.8 Å². The van der Waals surface area contributed by atoms with E-state index in [-0.39, 0.29) is 5.92 Å². The number of carbonyl (C=O) groups excluding carboxylic acids is 1. The van der Waals surface area contributed by atoms with Crippen molar-refractivity contribution in [2.75, 3.05) is 26.3 Å². The van der Waals surface area contributed by atoms with Crippen molar-refractivity contribution >= 4 is 5.91 Å². The summed E-state index contributed by atoms with van der Waals surface area (Å²) < 4.78 is 7.71. The Morgan fingerprint density at radius 2 is 1.96 bits per heavy atom. The van der Waals surface area contributed by atoms with Crippen LogP contribution in [0.25, 0.3) is 0 Å². The monoisotopic (exact) mass is 367 g/mol. The maximum absolute atomic E-state index is 12.6. The number of hydrogen-bond acceptors (Lipinski definition) is 3. The van der Waals surface area contributed by atoms with Crippen LogP contribution in [-0.2, 0) is 22.5 Å². The topological polar surface area (TPSA) is 47.4 Å². The molecular weight excluding hydrogens is 338 g/mol. The minimum Gasteiger partial charge on any atom is -0.381 e. The maximum atomic E-state index is 12.6. The molecule has 1 aromatic carbocycles. The molecule has 4 rings (SSSR count). The standard InChI is InChI=1S/C22H29N3O2/c1-17-14-23-21(25(17)15-19-5-3-2-4-6-19)13-18-7-10-24(11-8-18)22(26)20-9-12-27-16-20/h2-6,14,18,20H,7-13,15-16H2,1H3/t20-/m0/s1. The van der Waals surface area contributed by atoms with Crippen LogP contribution >= 0.6 is 0 Å². The van der Waals surface area contributed by atoms with Crippen molar-refractivity contribution < 1.29 is 9.53 Å². The van der Waals surface area contributed by atoms with Crippen molar-refractivity contribution in [2.24, 2.45) is 11.8 Å². The number of carbonyl (C=O) groups is 1. The summed E-state index contributed by atoms with van der Waals surface area (Å²) in [5.41, 5.74) is 2.52. The molecule has 1 atom stereocenters. The second-order valence-corrected chi connectivity index (χ2v) is 7.92. The Kier molecular flexibility index (Phi) is 5.58. The summed E-state index contributed by atoms with van der Waals surface area (Å²) in [4.78, 5) is 19.3. The zero-order valence-corrected chi connectivity index (χ0v) is 16.1. The van der Waals surface area contributed by atoms with Crippen molar-refractivity contribution in [3.8, 4) is 0 Å². The summed E-state index contributed by atoms with van der Waals surface area (Å²) in [6.45, 7) is 6.09. The SMILES string of the molecule is Cc1cnc(CC2CCN(C(=O)[C@H]3CCOC3)CC2)n1Cc1ccccc1. The lowest BCUT2D eigenvalue weighted by atomic mass is 9.92. The minimum atomic E-state index is 0.0916. The zero-order chi connectivity index (χ0) is 18.6. The highest BCUT2D eigenvalue weighted by Gasteiger charge is 2.31. The van der Waals surface area contributed by atoms with Gasteiger partial charge in [-0.15, -0.1) is 0 Å². The average Bonchev–Trinajstić information content (AvgIpc) is 3.35. The molecule has 3 heterocycles. The van der Waals surface area contributed by atoms with Crippen LogP contribution in [0.15, 0.2) is 36.5 Å². The second kappa shape index (κ2) is 8.26. The maximum Gasteiger partial charge on any atom is 0.228 e. The first-order valence-corrected chi connectivity index (χ1v) is 10.1. The molecule has 5 heteroatoms. The first kappa shape index (κ1) is 18.2. The zero-order valence-electron chi connectivity index (χ0n) is 16.1. The fourth-order valence-electron chi connectivity index (χ4n) is 4.26. The Morgan fingerprint density at radius 1 is 1.19 bits per heavy atom. The highest BCUT2D eigenvalue weighted by molar-refractivity contribution is 5.79. The summed E-state index contributed by atoms with van der Waals surface area (Å²) in [5, 5.41) is 0. The Hall–Kier alpha value is -2.14.